The summed E-state index contributed by atoms with van der Waals surface area (Å²) in [7, 11) is 1.52. The molecule has 0 aliphatic rings. The van der Waals surface area contributed by atoms with Crippen LogP contribution in [0.1, 0.15) is 12.6 Å². The molecule has 0 saturated carbocycles. The fourth-order valence-corrected chi connectivity index (χ4v) is 1.13. The van der Waals surface area contributed by atoms with Gasteiger partial charge < -0.3 is 4.74 Å². The van der Waals surface area contributed by atoms with Crippen molar-refractivity contribution in [3.05, 3.63) is 11.0 Å². The van der Waals surface area contributed by atoms with E-state index < -0.39 is 0 Å². The van der Waals surface area contributed by atoms with Gasteiger partial charge in [-0.2, -0.15) is 4.98 Å². The number of hydrogen-bond acceptors (Lipinski definition) is 4. The third kappa shape index (κ3) is 2.15. The number of halogens is 1. The molecule has 0 aliphatic heterocycles. The van der Waals surface area contributed by atoms with Crippen molar-refractivity contribution in [2.75, 3.05) is 7.11 Å². The maximum Gasteiger partial charge on any atom is 0.244 e. The molecule has 0 atom stereocenters. The number of aromatic nitrogens is 2. The van der Waals surface area contributed by atoms with Crippen LogP contribution in [-0.4, -0.2) is 23.3 Å². The highest BCUT2D eigenvalue weighted by atomic mass is 35.5. The zero-order valence-electron chi connectivity index (χ0n) is 7.71. The molecule has 0 N–H and O–H groups in total. The Bertz CT molecular complexity index is 338. The fraction of sp³-hybridized carbons (Fsp3) is 0.375. The highest BCUT2D eigenvalue weighted by Gasteiger charge is 2.09. The lowest BCUT2D eigenvalue weighted by molar-refractivity contribution is 0.398. The predicted molar refractivity (Wildman–Crippen MR) is 52.2 cm³/mol. The molecule has 0 fully saturated rings. The second-order valence-corrected chi connectivity index (χ2v) is 2.66. The third-order valence-corrected chi connectivity index (χ3v) is 1.62. The van der Waals surface area contributed by atoms with Crippen LogP contribution in [0.25, 0.3) is 0 Å². The number of aliphatic imine (C=N–C) groups is 1. The Kier molecular flexibility index (Phi) is 3.19. The second-order valence-electron chi connectivity index (χ2n) is 2.32. The first kappa shape index (κ1) is 9.92. The Morgan fingerprint density at radius 3 is 2.69 bits per heavy atom. The van der Waals surface area contributed by atoms with Gasteiger partial charge >= 0.3 is 0 Å². The average Bonchev–Trinajstić information content (AvgIpc) is 2.09. The molecule has 1 aromatic rings. The molecule has 5 heteroatoms. The van der Waals surface area contributed by atoms with E-state index in [4.69, 9.17) is 16.3 Å². The first-order valence-electron chi connectivity index (χ1n) is 3.75. The molecule has 0 unspecified atom stereocenters. The van der Waals surface area contributed by atoms with Gasteiger partial charge in [0, 0.05) is 6.21 Å². The molecule has 70 valence electrons. The smallest absolute Gasteiger partial charge is 0.244 e. The van der Waals surface area contributed by atoms with Crippen molar-refractivity contribution in [3.63, 3.8) is 0 Å². The van der Waals surface area contributed by atoms with Gasteiger partial charge in [-0.05, 0) is 25.4 Å². The van der Waals surface area contributed by atoms with Crippen molar-refractivity contribution in [1.82, 2.24) is 9.97 Å². The molecule has 1 heterocycles. The summed E-state index contributed by atoms with van der Waals surface area (Å²) in [6.07, 6.45) is 1.65. The van der Waals surface area contributed by atoms with Gasteiger partial charge in [-0.25, -0.2) is 4.98 Å². The van der Waals surface area contributed by atoms with Crippen LogP contribution in [0.3, 0.4) is 0 Å². The van der Waals surface area contributed by atoms with Crippen molar-refractivity contribution in [2.45, 2.75) is 13.8 Å². The molecule has 1 rings (SSSR count). The van der Waals surface area contributed by atoms with E-state index in [9.17, 15) is 0 Å². The van der Waals surface area contributed by atoms with E-state index in [-0.39, 0.29) is 5.28 Å². The molecule has 0 bridgehead atoms. The largest absolute Gasteiger partial charge is 0.479 e. The Labute approximate surface area is 81.6 Å². The molecule has 0 radical (unpaired) electrons. The monoisotopic (exact) mass is 199 g/mol. The number of rotatable bonds is 2. The van der Waals surface area contributed by atoms with Crippen LogP contribution in [0.15, 0.2) is 4.99 Å². The number of nitrogens with zero attached hydrogens (tertiary/aromatic N) is 3. The third-order valence-electron chi connectivity index (χ3n) is 1.45. The number of hydrogen-bond donors (Lipinski definition) is 0. The minimum atomic E-state index is 0.171. The van der Waals surface area contributed by atoms with E-state index in [0.29, 0.717) is 17.3 Å². The maximum atomic E-state index is 5.65. The average molecular weight is 200 g/mol. The molecular formula is C8H10ClN3O. The molecule has 4 nitrogen and oxygen atoms in total. The second kappa shape index (κ2) is 4.18. The van der Waals surface area contributed by atoms with Crippen LogP contribution in [-0.2, 0) is 0 Å². The van der Waals surface area contributed by atoms with Gasteiger partial charge in [-0.3, -0.25) is 4.99 Å². The Morgan fingerprint density at radius 2 is 2.15 bits per heavy atom. The first-order valence-corrected chi connectivity index (χ1v) is 4.13. The van der Waals surface area contributed by atoms with Crippen LogP contribution in [0.5, 0.6) is 5.88 Å². The lowest BCUT2D eigenvalue weighted by Crippen LogP contribution is -1.94. The molecule has 0 spiro atoms. The summed E-state index contributed by atoms with van der Waals surface area (Å²) in [4.78, 5) is 11.9. The molecule has 0 aromatic carbocycles. The van der Waals surface area contributed by atoms with Gasteiger partial charge in [0.2, 0.25) is 11.2 Å². The van der Waals surface area contributed by atoms with Gasteiger partial charge in [-0.15, -0.1) is 0 Å². The van der Waals surface area contributed by atoms with E-state index in [1.54, 1.807) is 13.1 Å². The van der Waals surface area contributed by atoms with Crippen LogP contribution in [0, 0.1) is 6.92 Å². The quantitative estimate of drug-likeness (QED) is 0.542. The number of methoxy groups -OCH3 is 1. The van der Waals surface area contributed by atoms with Crippen LogP contribution >= 0.6 is 11.6 Å². The van der Waals surface area contributed by atoms with Crippen molar-refractivity contribution in [1.29, 1.82) is 0 Å². The van der Waals surface area contributed by atoms with E-state index in [0.717, 1.165) is 0 Å². The van der Waals surface area contributed by atoms with Crippen molar-refractivity contribution < 1.29 is 4.74 Å². The maximum absolute atomic E-state index is 5.65. The summed E-state index contributed by atoms with van der Waals surface area (Å²) in [6.45, 7) is 3.62. The summed E-state index contributed by atoms with van der Waals surface area (Å²) in [6, 6.07) is 0. The minimum absolute atomic E-state index is 0.171. The Morgan fingerprint density at radius 1 is 1.46 bits per heavy atom. The van der Waals surface area contributed by atoms with Gasteiger partial charge in [0.25, 0.3) is 0 Å². The number of aryl methyl sites for hydroxylation is 1. The van der Waals surface area contributed by atoms with E-state index in [1.807, 2.05) is 6.92 Å². The zero-order valence-corrected chi connectivity index (χ0v) is 8.46. The van der Waals surface area contributed by atoms with Crippen molar-refractivity contribution in [3.8, 4) is 5.88 Å². The number of ether oxygens (including phenoxy) is 1. The van der Waals surface area contributed by atoms with Crippen molar-refractivity contribution >= 4 is 23.5 Å². The molecule has 13 heavy (non-hydrogen) atoms. The summed E-state index contributed by atoms with van der Waals surface area (Å²) in [5, 5.41) is 0.171. The van der Waals surface area contributed by atoms with Crippen molar-refractivity contribution in [2.24, 2.45) is 4.99 Å². The standard InChI is InChI=1S/C8H10ClN3O/c1-4-10-6-5(2)11-8(9)12-7(6)13-3/h4H,1-3H3/b10-4-. The summed E-state index contributed by atoms with van der Waals surface area (Å²) >= 11 is 5.65. The van der Waals surface area contributed by atoms with Gasteiger partial charge in [0.05, 0.1) is 12.8 Å². The lowest BCUT2D eigenvalue weighted by Gasteiger charge is -2.05. The predicted octanol–water partition coefficient (Wildman–Crippen LogP) is 2.17. The summed E-state index contributed by atoms with van der Waals surface area (Å²) in [5.41, 5.74) is 1.32. The van der Waals surface area contributed by atoms with E-state index in [1.165, 1.54) is 7.11 Å². The fourth-order valence-electron chi connectivity index (χ4n) is 0.928. The van der Waals surface area contributed by atoms with Gasteiger partial charge in [0.1, 0.15) is 5.69 Å². The van der Waals surface area contributed by atoms with E-state index in [2.05, 4.69) is 15.0 Å². The molecular weight excluding hydrogens is 190 g/mol. The lowest BCUT2D eigenvalue weighted by atomic mass is 10.4. The summed E-state index contributed by atoms with van der Waals surface area (Å²) < 4.78 is 5.01. The van der Waals surface area contributed by atoms with E-state index >= 15 is 0 Å². The molecule has 0 amide bonds. The Hall–Kier alpha value is -1.16. The van der Waals surface area contributed by atoms with Gasteiger partial charge in [0.15, 0.2) is 0 Å². The molecule has 0 aliphatic carbocycles. The van der Waals surface area contributed by atoms with Crippen LogP contribution < -0.4 is 4.74 Å². The highest BCUT2D eigenvalue weighted by molar-refractivity contribution is 6.28. The topological polar surface area (TPSA) is 47.4 Å². The minimum Gasteiger partial charge on any atom is -0.479 e. The SMILES string of the molecule is C/C=N\c1c(C)nc(Cl)nc1OC. The highest BCUT2D eigenvalue weighted by Crippen LogP contribution is 2.28. The van der Waals surface area contributed by atoms with Crippen LogP contribution in [0.2, 0.25) is 5.28 Å². The normalized spacial score (nSPS) is 10.8. The molecule has 0 saturated heterocycles. The van der Waals surface area contributed by atoms with Crippen LogP contribution in [0.4, 0.5) is 5.69 Å². The first-order chi connectivity index (χ1) is 6.19. The zero-order chi connectivity index (χ0) is 9.84. The molecule has 1 aromatic heterocycles. The summed E-state index contributed by atoms with van der Waals surface area (Å²) in [5.74, 6) is 0.399. The van der Waals surface area contributed by atoms with Gasteiger partial charge in [-0.1, -0.05) is 0 Å². The Balaban J connectivity index is 3.29.